The van der Waals surface area contributed by atoms with Gasteiger partial charge in [-0.05, 0) is 47.6 Å². The molecule has 0 spiro atoms. The third kappa shape index (κ3) is 3.97. The number of carbonyl (C=O) groups excluding carboxylic acids is 2. The summed E-state index contributed by atoms with van der Waals surface area (Å²) >= 11 is 0. The van der Waals surface area contributed by atoms with E-state index in [2.05, 4.69) is 34.6 Å². The van der Waals surface area contributed by atoms with Gasteiger partial charge >= 0.3 is 0 Å². The van der Waals surface area contributed by atoms with Crippen LogP contribution in [-0.2, 0) is 16.0 Å². The summed E-state index contributed by atoms with van der Waals surface area (Å²) in [5.74, 6) is 0.892. The lowest BCUT2D eigenvalue weighted by atomic mass is 9.89. The molecular weight excluding hydrogens is 352 g/mol. The quantitative estimate of drug-likeness (QED) is 0.805. The van der Waals surface area contributed by atoms with E-state index in [1.165, 1.54) is 5.56 Å². The predicted octanol–water partition coefficient (Wildman–Crippen LogP) is 2.32. The number of pyridine rings is 1. The summed E-state index contributed by atoms with van der Waals surface area (Å²) < 4.78 is 0. The minimum Gasteiger partial charge on any atom is -0.339 e. The molecule has 0 saturated carbocycles. The SMILES string of the molecule is NC1Cc2cc(/C=C/C(=O)N3CCC(c4ccccc4)CC3)cnc2NC1=O. The second-order valence-electron chi connectivity index (χ2n) is 7.42. The van der Waals surface area contributed by atoms with Gasteiger partial charge in [-0.2, -0.15) is 0 Å². The summed E-state index contributed by atoms with van der Waals surface area (Å²) in [7, 11) is 0. The first-order valence-corrected chi connectivity index (χ1v) is 9.67. The van der Waals surface area contributed by atoms with Gasteiger partial charge in [-0.15, -0.1) is 0 Å². The van der Waals surface area contributed by atoms with E-state index in [0.29, 0.717) is 18.2 Å². The van der Waals surface area contributed by atoms with E-state index in [0.717, 1.165) is 37.1 Å². The molecule has 1 atom stereocenters. The number of carbonyl (C=O) groups is 2. The topological polar surface area (TPSA) is 88.3 Å². The molecule has 1 fully saturated rings. The van der Waals surface area contributed by atoms with Gasteiger partial charge in [0.05, 0.1) is 6.04 Å². The molecule has 1 saturated heterocycles. The maximum absolute atomic E-state index is 12.5. The monoisotopic (exact) mass is 376 g/mol. The molecule has 1 aromatic carbocycles. The second kappa shape index (κ2) is 7.94. The van der Waals surface area contributed by atoms with Gasteiger partial charge in [0, 0.05) is 31.8 Å². The molecule has 0 bridgehead atoms. The van der Waals surface area contributed by atoms with E-state index in [4.69, 9.17) is 5.73 Å². The molecule has 1 unspecified atom stereocenters. The number of nitrogens with two attached hydrogens (primary N) is 1. The van der Waals surface area contributed by atoms with Crippen LogP contribution in [-0.4, -0.2) is 40.8 Å². The highest BCUT2D eigenvalue weighted by atomic mass is 16.2. The van der Waals surface area contributed by atoms with Gasteiger partial charge in [0.15, 0.2) is 0 Å². The van der Waals surface area contributed by atoms with Crippen LogP contribution in [0.25, 0.3) is 6.08 Å². The Morgan fingerprint density at radius 1 is 1.21 bits per heavy atom. The summed E-state index contributed by atoms with van der Waals surface area (Å²) in [6.45, 7) is 1.54. The van der Waals surface area contributed by atoms with Gasteiger partial charge in [-0.3, -0.25) is 9.59 Å². The van der Waals surface area contributed by atoms with Crippen LogP contribution in [0.1, 0.15) is 35.4 Å². The Labute approximate surface area is 164 Å². The number of anilines is 1. The third-order valence-electron chi connectivity index (χ3n) is 5.50. The number of rotatable bonds is 3. The van der Waals surface area contributed by atoms with Gasteiger partial charge < -0.3 is 16.0 Å². The Kier molecular flexibility index (Phi) is 5.21. The second-order valence-corrected chi connectivity index (χ2v) is 7.42. The molecule has 144 valence electrons. The Morgan fingerprint density at radius 2 is 1.96 bits per heavy atom. The van der Waals surface area contributed by atoms with Crippen molar-refractivity contribution in [1.29, 1.82) is 0 Å². The molecule has 3 N–H and O–H groups in total. The van der Waals surface area contributed by atoms with E-state index in [1.807, 2.05) is 17.0 Å². The zero-order valence-electron chi connectivity index (χ0n) is 15.7. The van der Waals surface area contributed by atoms with Gasteiger partial charge in [-0.25, -0.2) is 4.98 Å². The standard InChI is InChI=1S/C22H24N4O2/c23-19-13-18-12-15(14-24-21(18)25-22(19)28)6-7-20(27)26-10-8-17(9-11-26)16-4-2-1-3-5-16/h1-7,12,14,17,19H,8-11,13,23H2,(H,24,25,28)/b7-6+. The number of nitrogens with one attached hydrogen (secondary N) is 1. The van der Waals surface area contributed by atoms with E-state index < -0.39 is 6.04 Å². The molecule has 3 heterocycles. The average Bonchev–Trinajstić information content (AvgIpc) is 2.73. The minimum absolute atomic E-state index is 0.0224. The van der Waals surface area contributed by atoms with Crippen molar-refractivity contribution in [2.45, 2.75) is 31.2 Å². The van der Waals surface area contributed by atoms with Crippen LogP contribution in [0, 0.1) is 0 Å². The van der Waals surface area contributed by atoms with Gasteiger partial charge in [-0.1, -0.05) is 30.3 Å². The van der Waals surface area contributed by atoms with Crippen LogP contribution >= 0.6 is 0 Å². The lowest BCUT2D eigenvalue weighted by Gasteiger charge is -2.31. The summed E-state index contributed by atoms with van der Waals surface area (Å²) in [6.07, 6.45) is 7.47. The van der Waals surface area contributed by atoms with Crippen LogP contribution < -0.4 is 11.1 Å². The number of nitrogens with zero attached hydrogens (tertiary/aromatic N) is 2. The smallest absolute Gasteiger partial charge is 0.246 e. The summed E-state index contributed by atoms with van der Waals surface area (Å²) in [4.78, 5) is 30.3. The number of likely N-dealkylation sites (tertiary alicyclic amines) is 1. The largest absolute Gasteiger partial charge is 0.339 e. The van der Waals surface area contributed by atoms with Crippen LogP contribution in [0.3, 0.4) is 0 Å². The van der Waals surface area contributed by atoms with Gasteiger partial charge in [0.2, 0.25) is 11.8 Å². The number of aromatic nitrogens is 1. The van der Waals surface area contributed by atoms with Crippen LogP contribution in [0.4, 0.5) is 5.82 Å². The van der Waals surface area contributed by atoms with Gasteiger partial charge in [0.1, 0.15) is 5.82 Å². The predicted molar refractivity (Wildman–Crippen MR) is 109 cm³/mol. The number of fused-ring (bicyclic) bond motifs is 1. The van der Waals surface area contributed by atoms with E-state index in [1.54, 1.807) is 18.3 Å². The highest BCUT2D eigenvalue weighted by Gasteiger charge is 2.24. The van der Waals surface area contributed by atoms with Crippen molar-refractivity contribution in [2.75, 3.05) is 18.4 Å². The molecule has 1 aromatic heterocycles. The van der Waals surface area contributed by atoms with Crippen molar-refractivity contribution in [3.05, 3.63) is 65.4 Å². The Bertz CT molecular complexity index is 902. The van der Waals surface area contributed by atoms with Crippen molar-refractivity contribution in [1.82, 2.24) is 9.88 Å². The van der Waals surface area contributed by atoms with Crippen LogP contribution in [0.5, 0.6) is 0 Å². The lowest BCUT2D eigenvalue weighted by molar-refractivity contribution is -0.127. The molecule has 6 nitrogen and oxygen atoms in total. The first kappa shape index (κ1) is 18.4. The molecule has 28 heavy (non-hydrogen) atoms. The van der Waals surface area contributed by atoms with E-state index in [9.17, 15) is 9.59 Å². The van der Waals surface area contributed by atoms with Crippen molar-refractivity contribution >= 4 is 23.7 Å². The van der Waals surface area contributed by atoms with E-state index >= 15 is 0 Å². The maximum atomic E-state index is 12.5. The number of benzene rings is 1. The Balaban J connectivity index is 1.36. The fraction of sp³-hybridized carbons (Fsp3) is 0.318. The van der Waals surface area contributed by atoms with Crippen LogP contribution in [0.15, 0.2) is 48.7 Å². The Hall–Kier alpha value is -2.99. The first-order chi connectivity index (χ1) is 13.6. The molecule has 0 aliphatic carbocycles. The highest BCUT2D eigenvalue weighted by molar-refractivity contribution is 5.97. The van der Waals surface area contributed by atoms with Crippen LogP contribution in [0.2, 0.25) is 0 Å². The third-order valence-corrected chi connectivity index (χ3v) is 5.50. The van der Waals surface area contributed by atoms with Gasteiger partial charge in [0.25, 0.3) is 0 Å². The summed E-state index contributed by atoms with van der Waals surface area (Å²) in [6, 6.07) is 11.9. The number of amides is 2. The number of hydrogen-bond acceptors (Lipinski definition) is 4. The molecule has 2 aromatic rings. The van der Waals surface area contributed by atoms with Crippen molar-refractivity contribution in [3.8, 4) is 0 Å². The minimum atomic E-state index is -0.555. The molecule has 0 radical (unpaired) electrons. The average molecular weight is 376 g/mol. The molecule has 2 aliphatic rings. The normalized spacial score (nSPS) is 20.1. The number of piperidine rings is 1. The van der Waals surface area contributed by atoms with Crippen molar-refractivity contribution in [3.63, 3.8) is 0 Å². The fourth-order valence-corrected chi connectivity index (χ4v) is 3.86. The molecule has 2 amide bonds. The summed E-state index contributed by atoms with van der Waals surface area (Å²) in [5.41, 5.74) is 8.88. The zero-order valence-corrected chi connectivity index (χ0v) is 15.7. The number of hydrogen-bond donors (Lipinski definition) is 2. The Morgan fingerprint density at radius 3 is 2.71 bits per heavy atom. The zero-order chi connectivity index (χ0) is 19.5. The molecule has 2 aliphatic heterocycles. The molecule has 6 heteroatoms. The van der Waals surface area contributed by atoms with Crippen molar-refractivity contribution < 1.29 is 9.59 Å². The fourth-order valence-electron chi connectivity index (χ4n) is 3.86. The maximum Gasteiger partial charge on any atom is 0.246 e. The van der Waals surface area contributed by atoms with E-state index in [-0.39, 0.29) is 11.8 Å². The van der Waals surface area contributed by atoms with Crippen molar-refractivity contribution in [2.24, 2.45) is 5.73 Å². The first-order valence-electron chi connectivity index (χ1n) is 9.67. The highest BCUT2D eigenvalue weighted by Crippen LogP contribution is 2.28. The molecule has 4 rings (SSSR count). The molecular formula is C22H24N4O2. The lowest BCUT2D eigenvalue weighted by Crippen LogP contribution is -2.41. The summed E-state index contributed by atoms with van der Waals surface area (Å²) in [5, 5.41) is 2.70.